The molecule has 0 aliphatic rings. The summed E-state index contributed by atoms with van der Waals surface area (Å²) in [6.07, 6.45) is 1.50. The number of pyridine rings is 1. The Balaban J connectivity index is 1.79. The second-order valence-electron chi connectivity index (χ2n) is 4.94. The first-order valence-electron chi connectivity index (χ1n) is 7.56. The van der Waals surface area contributed by atoms with Crippen molar-refractivity contribution >= 4 is 21.8 Å². The number of amides is 1. The zero-order valence-corrected chi connectivity index (χ0v) is 15.0. The summed E-state index contributed by atoms with van der Waals surface area (Å²) in [5.74, 6) is 0.951. The van der Waals surface area contributed by atoms with E-state index in [9.17, 15) is 4.79 Å². The van der Waals surface area contributed by atoms with Crippen LogP contribution in [-0.2, 0) is 4.74 Å². The Morgan fingerprint density at radius 3 is 2.79 bits per heavy atom. The Morgan fingerprint density at radius 1 is 1.21 bits per heavy atom. The summed E-state index contributed by atoms with van der Waals surface area (Å²) < 4.78 is 11.5. The second kappa shape index (κ2) is 10.0. The summed E-state index contributed by atoms with van der Waals surface area (Å²) in [5, 5.41) is 5.98. The summed E-state index contributed by atoms with van der Waals surface area (Å²) in [5.41, 5.74) is 0.494. The number of hydrogen-bond donors (Lipinski definition) is 2. The van der Waals surface area contributed by atoms with Crippen molar-refractivity contribution in [3.05, 3.63) is 52.6 Å². The van der Waals surface area contributed by atoms with E-state index < -0.39 is 0 Å². The average molecular weight is 394 g/mol. The number of ether oxygens (including phenoxy) is 2. The van der Waals surface area contributed by atoms with Crippen LogP contribution in [0.5, 0.6) is 11.6 Å². The maximum atomic E-state index is 12.0. The highest BCUT2D eigenvalue weighted by atomic mass is 79.9. The monoisotopic (exact) mass is 393 g/mol. The number of nitrogens with zero attached hydrogens (tertiary/aromatic N) is 1. The molecular formula is C17H20BrN3O3. The zero-order valence-electron chi connectivity index (χ0n) is 13.4. The molecule has 128 valence electrons. The van der Waals surface area contributed by atoms with E-state index in [2.05, 4.69) is 31.5 Å². The van der Waals surface area contributed by atoms with E-state index in [-0.39, 0.29) is 5.91 Å². The molecule has 0 unspecified atom stereocenters. The second-order valence-corrected chi connectivity index (χ2v) is 5.86. The zero-order chi connectivity index (χ0) is 17.2. The molecule has 0 spiro atoms. The van der Waals surface area contributed by atoms with Crippen LogP contribution in [0.1, 0.15) is 10.4 Å². The number of carbonyl (C=O) groups is 1. The number of rotatable bonds is 9. The van der Waals surface area contributed by atoms with Crippen molar-refractivity contribution in [1.29, 1.82) is 0 Å². The van der Waals surface area contributed by atoms with Gasteiger partial charge in [0.1, 0.15) is 5.75 Å². The van der Waals surface area contributed by atoms with Crippen LogP contribution in [-0.4, -0.2) is 44.2 Å². The number of carbonyl (C=O) groups excluding carboxylic acids is 1. The molecule has 0 atom stereocenters. The topological polar surface area (TPSA) is 72.5 Å². The smallest absolute Gasteiger partial charge is 0.252 e. The van der Waals surface area contributed by atoms with Gasteiger partial charge in [-0.05, 0) is 24.3 Å². The molecule has 0 aliphatic heterocycles. The van der Waals surface area contributed by atoms with Gasteiger partial charge in [0.25, 0.3) is 5.91 Å². The molecule has 1 aromatic carbocycles. The van der Waals surface area contributed by atoms with Crippen LogP contribution in [0.25, 0.3) is 0 Å². The van der Waals surface area contributed by atoms with E-state index in [1.807, 2.05) is 24.3 Å². The minimum Gasteiger partial charge on any atom is -0.439 e. The number of nitrogens with one attached hydrogen (secondary N) is 2. The van der Waals surface area contributed by atoms with Gasteiger partial charge in [-0.3, -0.25) is 4.79 Å². The van der Waals surface area contributed by atoms with Crippen molar-refractivity contribution in [3.63, 3.8) is 0 Å². The summed E-state index contributed by atoms with van der Waals surface area (Å²) in [6.45, 7) is 2.64. The minimum absolute atomic E-state index is 0.162. The highest BCUT2D eigenvalue weighted by molar-refractivity contribution is 9.10. The average Bonchev–Trinajstić information content (AvgIpc) is 2.58. The van der Waals surface area contributed by atoms with Crippen molar-refractivity contribution in [1.82, 2.24) is 15.6 Å². The Hall–Kier alpha value is -1.96. The van der Waals surface area contributed by atoms with Crippen LogP contribution in [0.3, 0.4) is 0 Å². The number of aromatic nitrogens is 1. The fourth-order valence-electron chi connectivity index (χ4n) is 1.89. The summed E-state index contributed by atoms with van der Waals surface area (Å²) in [6, 6.07) is 10.8. The fraction of sp³-hybridized carbons (Fsp3) is 0.294. The van der Waals surface area contributed by atoms with Gasteiger partial charge in [-0.15, -0.1) is 0 Å². The first-order chi connectivity index (χ1) is 11.7. The number of hydrogen-bond acceptors (Lipinski definition) is 5. The van der Waals surface area contributed by atoms with Gasteiger partial charge in [0.15, 0.2) is 0 Å². The lowest BCUT2D eigenvalue weighted by Gasteiger charge is -2.08. The third-order valence-electron chi connectivity index (χ3n) is 3.09. The van der Waals surface area contributed by atoms with Crippen molar-refractivity contribution in [2.75, 3.05) is 33.4 Å². The summed E-state index contributed by atoms with van der Waals surface area (Å²) >= 11 is 3.38. The Morgan fingerprint density at radius 2 is 2.08 bits per heavy atom. The van der Waals surface area contributed by atoms with Crippen LogP contribution in [0.15, 0.2) is 47.1 Å². The Bertz CT molecular complexity index is 650. The van der Waals surface area contributed by atoms with Gasteiger partial charge in [-0.2, -0.15) is 0 Å². The molecule has 0 saturated carbocycles. The molecular weight excluding hydrogens is 374 g/mol. The number of halogens is 1. The number of benzene rings is 1. The lowest BCUT2D eigenvalue weighted by atomic mass is 10.2. The fourth-order valence-corrected chi connectivity index (χ4v) is 2.27. The molecule has 6 nitrogen and oxygen atoms in total. The predicted molar refractivity (Wildman–Crippen MR) is 95.5 cm³/mol. The molecule has 2 rings (SSSR count). The van der Waals surface area contributed by atoms with Gasteiger partial charge in [0.2, 0.25) is 5.88 Å². The third-order valence-corrected chi connectivity index (χ3v) is 3.58. The van der Waals surface area contributed by atoms with Crippen LogP contribution < -0.4 is 15.4 Å². The van der Waals surface area contributed by atoms with Crippen molar-refractivity contribution in [2.45, 2.75) is 0 Å². The minimum atomic E-state index is -0.162. The molecule has 2 aromatic rings. The predicted octanol–water partition coefficient (Wildman–Crippen LogP) is 2.60. The summed E-state index contributed by atoms with van der Waals surface area (Å²) in [7, 11) is 1.65. The molecule has 0 bridgehead atoms. The van der Waals surface area contributed by atoms with Gasteiger partial charge in [-0.1, -0.05) is 22.0 Å². The van der Waals surface area contributed by atoms with Gasteiger partial charge < -0.3 is 20.1 Å². The van der Waals surface area contributed by atoms with E-state index in [4.69, 9.17) is 9.47 Å². The molecule has 0 fully saturated rings. The molecule has 0 saturated heterocycles. The van der Waals surface area contributed by atoms with Crippen molar-refractivity contribution in [2.24, 2.45) is 0 Å². The highest BCUT2D eigenvalue weighted by Gasteiger charge is 2.06. The largest absolute Gasteiger partial charge is 0.439 e. The van der Waals surface area contributed by atoms with Crippen LogP contribution in [0, 0.1) is 0 Å². The van der Waals surface area contributed by atoms with Gasteiger partial charge in [-0.25, -0.2) is 4.98 Å². The first-order valence-corrected chi connectivity index (χ1v) is 8.35. The lowest BCUT2D eigenvalue weighted by Crippen LogP contribution is -2.33. The molecule has 7 heteroatoms. The molecule has 2 N–H and O–H groups in total. The van der Waals surface area contributed by atoms with E-state index in [0.717, 1.165) is 11.0 Å². The lowest BCUT2D eigenvalue weighted by molar-refractivity contribution is 0.0953. The van der Waals surface area contributed by atoms with Gasteiger partial charge >= 0.3 is 0 Å². The quantitative estimate of drug-likeness (QED) is 0.640. The van der Waals surface area contributed by atoms with Crippen LogP contribution >= 0.6 is 15.9 Å². The Kier molecular flexibility index (Phi) is 7.67. The number of methoxy groups -OCH3 is 1. The maximum Gasteiger partial charge on any atom is 0.252 e. The molecule has 24 heavy (non-hydrogen) atoms. The van der Waals surface area contributed by atoms with E-state index in [1.54, 1.807) is 19.2 Å². The normalized spacial score (nSPS) is 10.4. The third kappa shape index (κ3) is 6.27. The highest BCUT2D eigenvalue weighted by Crippen LogP contribution is 2.22. The van der Waals surface area contributed by atoms with E-state index in [1.165, 1.54) is 6.20 Å². The van der Waals surface area contributed by atoms with E-state index >= 15 is 0 Å². The standard InChI is InChI=1S/C17H20BrN3O3/c1-23-10-9-19-7-8-20-17(22)13-5-6-16(21-12-13)24-15-4-2-3-14(18)11-15/h2-6,11-12,19H,7-10H2,1H3,(H,20,22). The van der Waals surface area contributed by atoms with Crippen molar-refractivity contribution < 1.29 is 14.3 Å². The maximum absolute atomic E-state index is 12.0. The molecule has 0 aliphatic carbocycles. The summed E-state index contributed by atoms with van der Waals surface area (Å²) in [4.78, 5) is 16.2. The molecule has 0 radical (unpaired) electrons. The SMILES string of the molecule is COCCNCCNC(=O)c1ccc(Oc2cccc(Br)c2)nc1. The molecule has 1 aromatic heterocycles. The van der Waals surface area contributed by atoms with E-state index in [0.29, 0.717) is 36.9 Å². The Labute approximate surface area is 149 Å². The van der Waals surface area contributed by atoms with Gasteiger partial charge in [0, 0.05) is 43.5 Å². The first kappa shape index (κ1) is 18.4. The van der Waals surface area contributed by atoms with Crippen LogP contribution in [0.2, 0.25) is 0 Å². The molecule has 1 amide bonds. The molecule has 1 heterocycles. The van der Waals surface area contributed by atoms with Crippen LogP contribution in [0.4, 0.5) is 0 Å². The van der Waals surface area contributed by atoms with Crippen molar-refractivity contribution in [3.8, 4) is 11.6 Å². The van der Waals surface area contributed by atoms with Gasteiger partial charge in [0.05, 0.1) is 12.2 Å².